The van der Waals surface area contributed by atoms with Gasteiger partial charge in [0.15, 0.2) is 5.75 Å². The first-order chi connectivity index (χ1) is 16.8. The average Bonchev–Trinajstić information content (AvgIpc) is 3.25. The van der Waals surface area contributed by atoms with Gasteiger partial charge in [-0.05, 0) is 65.3 Å². The molecular formula is C23H33N7O3S2. The number of aromatic nitrogens is 4. The van der Waals surface area contributed by atoms with Crippen LogP contribution in [0.15, 0.2) is 29.8 Å². The van der Waals surface area contributed by atoms with Gasteiger partial charge in [-0.2, -0.15) is 4.98 Å². The van der Waals surface area contributed by atoms with Gasteiger partial charge in [-0.3, -0.25) is 4.72 Å². The molecule has 190 valence electrons. The van der Waals surface area contributed by atoms with Gasteiger partial charge in [0.25, 0.3) is 5.88 Å². The van der Waals surface area contributed by atoms with Crippen molar-refractivity contribution in [3.8, 4) is 17.5 Å². The number of nitrogens with zero attached hydrogens (tertiary/aromatic N) is 4. The number of ether oxygens (including phenoxy) is 2. The summed E-state index contributed by atoms with van der Waals surface area (Å²) in [6, 6.07) is 5.78. The van der Waals surface area contributed by atoms with E-state index in [0.717, 1.165) is 29.7 Å². The lowest BCUT2D eigenvalue weighted by molar-refractivity contribution is 0.361. The smallest absolute Gasteiger partial charge is 0.259 e. The molecule has 3 aromatic rings. The summed E-state index contributed by atoms with van der Waals surface area (Å²) >= 11 is 1.50. The Labute approximate surface area is 212 Å². The Morgan fingerprint density at radius 1 is 1.20 bits per heavy atom. The van der Waals surface area contributed by atoms with E-state index in [9.17, 15) is 4.21 Å². The monoisotopic (exact) mass is 519 g/mol. The number of hydrogen-bond acceptors (Lipinski definition) is 10. The fraction of sp³-hybridized carbons (Fsp3) is 0.478. The second kappa shape index (κ2) is 13.3. The molecule has 0 amide bonds. The normalized spacial score (nSPS) is 16.1. The molecule has 2 unspecified atom stereocenters. The van der Waals surface area contributed by atoms with Crippen molar-refractivity contribution in [2.45, 2.75) is 51.8 Å². The Kier molecular flexibility index (Phi) is 10.2. The van der Waals surface area contributed by atoms with E-state index in [1.807, 2.05) is 39.1 Å². The van der Waals surface area contributed by atoms with Crippen LogP contribution in [0.3, 0.4) is 0 Å². The number of methoxy groups -OCH3 is 1. The van der Waals surface area contributed by atoms with Crippen molar-refractivity contribution in [1.82, 2.24) is 25.3 Å². The number of hydrogen-bond donors (Lipinski definition) is 3. The van der Waals surface area contributed by atoms with Gasteiger partial charge >= 0.3 is 0 Å². The molecule has 1 saturated heterocycles. The summed E-state index contributed by atoms with van der Waals surface area (Å²) in [5, 5.41) is 9.41. The first-order valence-electron chi connectivity index (χ1n) is 11.4. The van der Waals surface area contributed by atoms with Crippen LogP contribution in [0.2, 0.25) is 0 Å². The Bertz CT molecular complexity index is 1100. The van der Waals surface area contributed by atoms with Crippen LogP contribution < -0.4 is 24.8 Å². The Hall–Kier alpha value is -2.83. The highest BCUT2D eigenvalue weighted by Gasteiger charge is 2.14. The summed E-state index contributed by atoms with van der Waals surface area (Å²) in [4.78, 5) is 17.0. The zero-order valence-electron chi connectivity index (χ0n) is 20.7. The second-order valence-corrected chi connectivity index (χ2v) is 11.0. The fourth-order valence-corrected chi connectivity index (χ4v) is 4.18. The van der Waals surface area contributed by atoms with Crippen LogP contribution in [-0.4, -0.2) is 55.6 Å². The van der Waals surface area contributed by atoms with Crippen LogP contribution >= 0.6 is 11.3 Å². The molecule has 0 saturated carbocycles. The van der Waals surface area contributed by atoms with E-state index in [0.29, 0.717) is 29.4 Å². The predicted molar refractivity (Wildman–Crippen MR) is 141 cm³/mol. The Morgan fingerprint density at radius 3 is 2.66 bits per heavy atom. The third-order valence-electron chi connectivity index (χ3n) is 4.89. The zero-order valence-corrected chi connectivity index (χ0v) is 22.3. The maximum absolute atomic E-state index is 11.8. The molecule has 0 radical (unpaired) electrons. The van der Waals surface area contributed by atoms with Gasteiger partial charge in [-0.15, -0.1) is 11.3 Å². The molecule has 3 aromatic heterocycles. The maximum Gasteiger partial charge on any atom is 0.259 e. The zero-order chi connectivity index (χ0) is 25.2. The van der Waals surface area contributed by atoms with Crippen LogP contribution in [0.5, 0.6) is 17.5 Å². The average molecular weight is 520 g/mol. The number of pyridine rings is 1. The van der Waals surface area contributed by atoms with Gasteiger partial charge in [-0.1, -0.05) is 0 Å². The van der Waals surface area contributed by atoms with E-state index < -0.39 is 11.0 Å². The van der Waals surface area contributed by atoms with Crippen molar-refractivity contribution in [2.24, 2.45) is 0 Å². The van der Waals surface area contributed by atoms with Crippen molar-refractivity contribution in [1.29, 1.82) is 0 Å². The minimum absolute atomic E-state index is 0.00768. The molecule has 35 heavy (non-hydrogen) atoms. The van der Waals surface area contributed by atoms with Crippen LogP contribution in [0.1, 0.15) is 37.4 Å². The van der Waals surface area contributed by atoms with Gasteiger partial charge in [0.05, 0.1) is 17.5 Å². The van der Waals surface area contributed by atoms with Crippen molar-refractivity contribution >= 4 is 34.1 Å². The van der Waals surface area contributed by atoms with Crippen LogP contribution in [0.25, 0.3) is 0 Å². The quantitative estimate of drug-likeness (QED) is 0.404. The lowest BCUT2D eigenvalue weighted by Gasteiger charge is -2.23. The maximum atomic E-state index is 11.8. The number of piperidine rings is 1. The van der Waals surface area contributed by atoms with Crippen molar-refractivity contribution in [2.75, 3.05) is 30.2 Å². The van der Waals surface area contributed by atoms with Gasteiger partial charge in [-0.25, -0.2) is 19.2 Å². The van der Waals surface area contributed by atoms with E-state index in [1.54, 1.807) is 18.3 Å². The molecule has 10 nitrogen and oxygen atoms in total. The molecule has 2 atom stereocenters. The van der Waals surface area contributed by atoms with Gasteiger partial charge < -0.3 is 20.1 Å². The number of rotatable bonds is 8. The van der Waals surface area contributed by atoms with Gasteiger partial charge in [0, 0.05) is 29.7 Å². The third-order valence-corrected chi connectivity index (χ3v) is 6.91. The molecule has 0 bridgehead atoms. The summed E-state index contributed by atoms with van der Waals surface area (Å²) in [6.07, 6.45) is 4.22. The first kappa shape index (κ1) is 26.8. The topological polar surface area (TPSA) is 123 Å². The third kappa shape index (κ3) is 8.71. The molecule has 1 aliphatic heterocycles. The lowest BCUT2D eigenvalue weighted by atomic mass is 10.1. The molecule has 3 N–H and O–H groups in total. The molecule has 4 rings (SSSR count). The predicted octanol–water partition coefficient (Wildman–Crippen LogP) is 4.08. The van der Waals surface area contributed by atoms with Crippen molar-refractivity contribution in [3.63, 3.8) is 0 Å². The molecule has 12 heteroatoms. The molecule has 0 aromatic carbocycles. The first-order valence-corrected chi connectivity index (χ1v) is 13.5. The molecule has 4 heterocycles. The van der Waals surface area contributed by atoms with Crippen LogP contribution in [-0.2, 0) is 11.0 Å². The largest absolute Gasteiger partial charge is 0.478 e. The molecule has 1 fully saturated rings. The number of nitrogens with one attached hydrogen (secondary N) is 3. The highest BCUT2D eigenvalue weighted by Crippen LogP contribution is 2.31. The van der Waals surface area contributed by atoms with E-state index in [2.05, 4.69) is 35.3 Å². The fourth-order valence-electron chi connectivity index (χ4n) is 3.11. The molecule has 0 spiro atoms. The molecular weight excluding hydrogens is 486 g/mol. The second-order valence-electron chi connectivity index (χ2n) is 8.17. The van der Waals surface area contributed by atoms with Crippen LogP contribution in [0, 0.1) is 13.8 Å². The summed E-state index contributed by atoms with van der Waals surface area (Å²) in [5.41, 5.74) is 1.01. The summed E-state index contributed by atoms with van der Waals surface area (Å²) in [6.45, 7) is 9.75. The van der Waals surface area contributed by atoms with Gasteiger partial charge in [0.1, 0.15) is 16.8 Å². The van der Waals surface area contributed by atoms with Gasteiger partial charge in [0.2, 0.25) is 11.8 Å². The number of aryl methyl sites for hydroxylation is 2. The molecule has 1 aliphatic rings. The number of thiazole rings is 1. The summed E-state index contributed by atoms with van der Waals surface area (Å²) < 4.78 is 25.4. The van der Waals surface area contributed by atoms with Crippen LogP contribution in [0.4, 0.5) is 11.8 Å². The summed E-state index contributed by atoms with van der Waals surface area (Å²) in [7, 11) is 0.311. The van der Waals surface area contributed by atoms with E-state index in [4.69, 9.17) is 9.47 Å². The Balaban J connectivity index is 0.000000211. The van der Waals surface area contributed by atoms with Crippen molar-refractivity contribution < 1.29 is 13.7 Å². The van der Waals surface area contributed by atoms with Crippen molar-refractivity contribution in [3.05, 3.63) is 40.5 Å². The lowest BCUT2D eigenvalue weighted by Crippen LogP contribution is -2.38. The SMILES string of the molecule is COc1nc(NS(=O)C(C)C)ccc1Oc1csc(C)n1.Cc1ccnc(NC2CCCNC2)n1. The van der Waals surface area contributed by atoms with E-state index >= 15 is 0 Å². The summed E-state index contributed by atoms with van der Waals surface area (Å²) in [5.74, 6) is 2.50. The number of anilines is 2. The van der Waals surface area contributed by atoms with E-state index in [1.165, 1.54) is 31.3 Å². The van der Waals surface area contributed by atoms with E-state index in [-0.39, 0.29) is 5.25 Å². The minimum Gasteiger partial charge on any atom is -0.478 e. The highest BCUT2D eigenvalue weighted by atomic mass is 32.2. The molecule has 0 aliphatic carbocycles. The highest BCUT2D eigenvalue weighted by molar-refractivity contribution is 7.86. The minimum atomic E-state index is -1.19. The Morgan fingerprint density at radius 2 is 2.03 bits per heavy atom. The standard InChI is InChI=1S/C13H17N3O3S2.C10H16N4/c1-8(2)21(17)16-11-6-5-10(13(15-11)18-4)19-12-7-20-9(3)14-12;1-8-4-6-12-10(13-8)14-9-3-2-5-11-7-9/h5-8H,1-4H3,(H,15,16);4,6,9,11H,2-3,5,7H2,1H3,(H,12,13,14).